The summed E-state index contributed by atoms with van der Waals surface area (Å²) >= 11 is 0. The van der Waals surface area contributed by atoms with Crippen molar-refractivity contribution in [3.8, 4) is 11.5 Å². The van der Waals surface area contributed by atoms with Crippen molar-refractivity contribution >= 4 is 0 Å². The molecule has 2 heteroatoms. The fourth-order valence-corrected chi connectivity index (χ4v) is 3.73. The molecule has 0 amide bonds. The molecular formula is C15H18O2. The molecule has 90 valence electrons. The molecule has 0 radical (unpaired) electrons. The molecule has 0 N–H and O–H groups in total. The average molecular weight is 230 g/mol. The summed E-state index contributed by atoms with van der Waals surface area (Å²) in [6, 6.07) is 6.31. The Morgan fingerprint density at radius 2 is 2.00 bits per heavy atom. The van der Waals surface area contributed by atoms with E-state index in [1.165, 1.54) is 37.7 Å². The van der Waals surface area contributed by atoms with Gasteiger partial charge in [0.1, 0.15) is 6.10 Å². The molecule has 1 aliphatic carbocycles. The predicted octanol–water partition coefficient (Wildman–Crippen LogP) is 3.33. The molecule has 3 aliphatic rings. The molecule has 2 nitrogen and oxygen atoms in total. The highest BCUT2D eigenvalue weighted by Crippen LogP contribution is 2.51. The third-order valence-corrected chi connectivity index (χ3v) is 4.77. The maximum Gasteiger partial charge on any atom is 0.164 e. The molecule has 2 bridgehead atoms. The van der Waals surface area contributed by atoms with Gasteiger partial charge in [0.15, 0.2) is 11.5 Å². The zero-order valence-electron chi connectivity index (χ0n) is 10.1. The zero-order valence-corrected chi connectivity index (χ0v) is 10.1. The molecule has 1 unspecified atom stereocenters. The fourth-order valence-electron chi connectivity index (χ4n) is 3.73. The Morgan fingerprint density at radius 3 is 2.88 bits per heavy atom. The lowest BCUT2D eigenvalue weighted by molar-refractivity contribution is 0.00639. The first-order valence-corrected chi connectivity index (χ1v) is 6.79. The fraction of sp³-hybridized carbons (Fsp3) is 0.600. The summed E-state index contributed by atoms with van der Waals surface area (Å²) in [4.78, 5) is 0. The maximum atomic E-state index is 6.22. The second-order valence-electron chi connectivity index (χ2n) is 5.77. The van der Waals surface area contributed by atoms with Gasteiger partial charge in [0, 0.05) is 17.4 Å². The molecule has 4 rings (SSSR count). The second-order valence-corrected chi connectivity index (χ2v) is 5.77. The van der Waals surface area contributed by atoms with Crippen LogP contribution in [0.5, 0.6) is 11.5 Å². The van der Waals surface area contributed by atoms with E-state index in [4.69, 9.17) is 9.47 Å². The minimum Gasteiger partial charge on any atom is -0.489 e. The molecule has 1 spiro atoms. The first-order valence-electron chi connectivity index (χ1n) is 6.79. The van der Waals surface area contributed by atoms with Gasteiger partial charge in [-0.25, -0.2) is 0 Å². The van der Waals surface area contributed by atoms with Gasteiger partial charge in [0.2, 0.25) is 0 Å². The van der Waals surface area contributed by atoms with E-state index in [9.17, 15) is 0 Å². The molecule has 1 saturated carbocycles. The van der Waals surface area contributed by atoms with Crippen LogP contribution in [0.4, 0.5) is 0 Å². The lowest BCUT2D eigenvalue weighted by Crippen LogP contribution is -2.43. The normalized spacial score (nSPS) is 28.4. The van der Waals surface area contributed by atoms with Crippen LogP contribution in [-0.2, 0) is 6.42 Å². The summed E-state index contributed by atoms with van der Waals surface area (Å²) in [6.07, 6.45) is 8.05. The van der Waals surface area contributed by atoms with Crippen molar-refractivity contribution in [1.82, 2.24) is 0 Å². The average Bonchev–Trinajstić information content (AvgIpc) is 2.77. The highest BCUT2D eigenvalue weighted by Gasteiger charge is 2.47. The third kappa shape index (κ3) is 1.33. The zero-order chi connectivity index (χ0) is 11.3. The van der Waals surface area contributed by atoms with Crippen molar-refractivity contribution in [2.75, 3.05) is 6.61 Å². The number of hydrogen-bond donors (Lipinski definition) is 0. The van der Waals surface area contributed by atoms with E-state index in [0.717, 1.165) is 24.5 Å². The molecule has 1 aromatic carbocycles. The van der Waals surface area contributed by atoms with Crippen molar-refractivity contribution < 1.29 is 9.47 Å². The van der Waals surface area contributed by atoms with Crippen LogP contribution in [0.1, 0.15) is 37.7 Å². The summed E-state index contributed by atoms with van der Waals surface area (Å²) in [5.74, 6) is 1.99. The van der Waals surface area contributed by atoms with Crippen LogP contribution in [0.15, 0.2) is 18.2 Å². The van der Waals surface area contributed by atoms with Gasteiger partial charge in [-0.15, -0.1) is 0 Å². The van der Waals surface area contributed by atoms with Gasteiger partial charge in [-0.2, -0.15) is 0 Å². The van der Waals surface area contributed by atoms with Crippen molar-refractivity contribution in [2.45, 2.75) is 44.6 Å². The molecule has 1 atom stereocenters. The predicted molar refractivity (Wildman–Crippen MR) is 65.6 cm³/mol. The quantitative estimate of drug-likeness (QED) is 0.680. The Bertz CT molecular complexity index is 446. The Labute approximate surface area is 102 Å². The molecular weight excluding hydrogens is 212 g/mol. The highest BCUT2D eigenvalue weighted by molar-refractivity contribution is 5.50. The SMILES string of the molecule is c1cc2c3c(c1)OCC1(CCCCC1)C(C2)O3. The molecule has 0 saturated heterocycles. The third-order valence-electron chi connectivity index (χ3n) is 4.77. The Kier molecular flexibility index (Phi) is 1.97. The summed E-state index contributed by atoms with van der Waals surface area (Å²) < 4.78 is 12.2. The van der Waals surface area contributed by atoms with Gasteiger partial charge in [-0.3, -0.25) is 0 Å². The van der Waals surface area contributed by atoms with E-state index in [-0.39, 0.29) is 5.41 Å². The van der Waals surface area contributed by atoms with Gasteiger partial charge >= 0.3 is 0 Å². The topological polar surface area (TPSA) is 18.5 Å². The number of hydrogen-bond acceptors (Lipinski definition) is 2. The van der Waals surface area contributed by atoms with Gasteiger partial charge in [-0.05, 0) is 18.9 Å². The van der Waals surface area contributed by atoms with Crippen LogP contribution in [0.25, 0.3) is 0 Å². The molecule has 2 heterocycles. The van der Waals surface area contributed by atoms with E-state index in [0.29, 0.717) is 6.10 Å². The first-order chi connectivity index (χ1) is 8.37. The van der Waals surface area contributed by atoms with Gasteiger partial charge in [0.05, 0.1) is 6.61 Å². The van der Waals surface area contributed by atoms with E-state index >= 15 is 0 Å². The second kappa shape index (κ2) is 3.41. The summed E-state index contributed by atoms with van der Waals surface area (Å²) in [7, 11) is 0. The van der Waals surface area contributed by atoms with Crippen molar-refractivity contribution in [1.29, 1.82) is 0 Å². The monoisotopic (exact) mass is 230 g/mol. The minimum atomic E-state index is 0.284. The number of para-hydroxylation sites is 1. The molecule has 1 aromatic rings. The van der Waals surface area contributed by atoms with E-state index in [1.807, 2.05) is 6.07 Å². The van der Waals surface area contributed by atoms with Crippen LogP contribution in [-0.4, -0.2) is 12.7 Å². The van der Waals surface area contributed by atoms with Gasteiger partial charge < -0.3 is 9.47 Å². The van der Waals surface area contributed by atoms with Crippen LogP contribution < -0.4 is 9.47 Å². The lowest BCUT2D eigenvalue weighted by atomic mass is 9.69. The Balaban J connectivity index is 1.75. The molecule has 0 aromatic heterocycles. The standard InChI is InChI=1S/C15H18O2/c1-2-7-15(8-3-1)10-16-12-6-4-5-11-9-13(15)17-14(11)12/h4-6,13H,1-3,7-10H2. The van der Waals surface area contributed by atoms with E-state index in [2.05, 4.69) is 12.1 Å². The van der Waals surface area contributed by atoms with Crippen molar-refractivity contribution in [3.63, 3.8) is 0 Å². The van der Waals surface area contributed by atoms with Crippen LogP contribution >= 0.6 is 0 Å². The first kappa shape index (κ1) is 9.81. The minimum absolute atomic E-state index is 0.284. The van der Waals surface area contributed by atoms with Crippen LogP contribution in [0, 0.1) is 5.41 Å². The summed E-state index contributed by atoms with van der Waals surface area (Å²) in [6.45, 7) is 0.855. The van der Waals surface area contributed by atoms with Crippen molar-refractivity contribution in [3.05, 3.63) is 23.8 Å². The highest BCUT2D eigenvalue weighted by atomic mass is 16.5. The van der Waals surface area contributed by atoms with E-state index < -0.39 is 0 Å². The largest absolute Gasteiger partial charge is 0.489 e. The van der Waals surface area contributed by atoms with Crippen molar-refractivity contribution in [2.24, 2.45) is 5.41 Å². The van der Waals surface area contributed by atoms with E-state index in [1.54, 1.807) is 0 Å². The molecule has 17 heavy (non-hydrogen) atoms. The lowest BCUT2D eigenvalue weighted by Gasteiger charge is -2.39. The Hall–Kier alpha value is -1.18. The number of ether oxygens (including phenoxy) is 2. The Morgan fingerprint density at radius 1 is 1.12 bits per heavy atom. The maximum absolute atomic E-state index is 6.22. The van der Waals surface area contributed by atoms with Crippen LogP contribution in [0.3, 0.4) is 0 Å². The van der Waals surface area contributed by atoms with Crippen LogP contribution in [0.2, 0.25) is 0 Å². The molecule has 1 fully saturated rings. The smallest absolute Gasteiger partial charge is 0.164 e. The molecule has 2 aliphatic heterocycles. The summed E-state index contributed by atoms with van der Waals surface area (Å²) in [5, 5.41) is 0. The number of benzene rings is 1. The number of rotatable bonds is 0. The number of fused-ring (bicyclic) bond motifs is 2. The summed E-state index contributed by atoms with van der Waals surface area (Å²) in [5.41, 5.74) is 1.63. The van der Waals surface area contributed by atoms with Gasteiger partial charge in [0.25, 0.3) is 0 Å². The van der Waals surface area contributed by atoms with Gasteiger partial charge in [-0.1, -0.05) is 31.4 Å².